The fourth-order valence-corrected chi connectivity index (χ4v) is 3.04. The van der Waals surface area contributed by atoms with Gasteiger partial charge in [-0.1, -0.05) is 19.8 Å². The zero-order valence-electron chi connectivity index (χ0n) is 11.2. The van der Waals surface area contributed by atoms with Crippen LogP contribution in [-0.2, 0) is 4.79 Å². The van der Waals surface area contributed by atoms with Crippen LogP contribution in [0.4, 0.5) is 13.2 Å². The summed E-state index contributed by atoms with van der Waals surface area (Å²) in [6, 6.07) is 0. The van der Waals surface area contributed by atoms with Gasteiger partial charge < -0.3 is 9.90 Å². The zero-order valence-corrected chi connectivity index (χ0v) is 11.2. The topological polar surface area (TPSA) is 40.5 Å². The van der Waals surface area contributed by atoms with Crippen molar-refractivity contribution in [2.45, 2.75) is 38.8 Å². The molecule has 1 fully saturated rings. The minimum Gasteiger partial charge on any atom is -0.395 e. The summed E-state index contributed by atoms with van der Waals surface area (Å²) >= 11 is 0. The summed E-state index contributed by atoms with van der Waals surface area (Å²) in [4.78, 5) is 12.5. The van der Waals surface area contributed by atoms with Crippen molar-refractivity contribution >= 4 is 6.29 Å². The van der Waals surface area contributed by atoms with Crippen LogP contribution in [0.1, 0.15) is 32.6 Å². The predicted molar refractivity (Wildman–Crippen MR) is 65.7 cm³/mol. The standard InChI is InChI=1S/C13H22F3NO2/c1-11-3-2-4-12(7-11,10-19)8-17(5-6-18)9-13(14,15)16/h10-11,18H,2-9H2,1H3. The van der Waals surface area contributed by atoms with Crippen LogP contribution in [0.3, 0.4) is 0 Å². The average Bonchev–Trinajstić information content (AvgIpc) is 2.27. The third kappa shape index (κ3) is 5.48. The smallest absolute Gasteiger partial charge is 0.395 e. The van der Waals surface area contributed by atoms with E-state index in [0.29, 0.717) is 18.8 Å². The molecule has 0 aromatic rings. The van der Waals surface area contributed by atoms with Gasteiger partial charge in [-0.15, -0.1) is 0 Å². The molecule has 0 bridgehead atoms. The third-order valence-electron chi connectivity index (χ3n) is 3.73. The lowest BCUT2D eigenvalue weighted by Crippen LogP contribution is -2.46. The number of aliphatic hydroxyl groups is 1. The Morgan fingerprint density at radius 1 is 1.47 bits per heavy atom. The molecule has 0 heterocycles. The van der Waals surface area contributed by atoms with Gasteiger partial charge in [0.2, 0.25) is 0 Å². The van der Waals surface area contributed by atoms with Crippen LogP contribution in [0.15, 0.2) is 0 Å². The van der Waals surface area contributed by atoms with Crippen LogP contribution in [0.2, 0.25) is 0 Å². The Morgan fingerprint density at radius 3 is 2.63 bits per heavy atom. The highest BCUT2D eigenvalue weighted by atomic mass is 19.4. The van der Waals surface area contributed by atoms with E-state index in [4.69, 9.17) is 5.11 Å². The number of hydrogen-bond donors (Lipinski definition) is 1. The summed E-state index contributed by atoms with van der Waals surface area (Å²) < 4.78 is 37.4. The molecule has 1 aliphatic carbocycles. The van der Waals surface area contributed by atoms with E-state index in [2.05, 4.69) is 0 Å². The molecule has 0 aromatic carbocycles. The van der Waals surface area contributed by atoms with E-state index in [9.17, 15) is 18.0 Å². The predicted octanol–water partition coefficient (Wildman–Crippen LogP) is 2.24. The summed E-state index contributed by atoms with van der Waals surface area (Å²) in [7, 11) is 0. The number of nitrogens with zero attached hydrogens (tertiary/aromatic N) is 1. The molecule has 1 aliphatic rings. The van der Waals surface area contributed by atoms with E-state index in [-0.39, 0.29) is 19.7 Å². The third-order valence-corrected chi connectivity index (χ3v) is 3.73. The first kappa shape index (κ1) is 16.4. The lowest BCUT2D eigenvalue weighted by atomic mass is 9.70. The number of carbonyl (C=O) groups is 1. The Bertz CT molecular complexity index is 296. The van der Waals surface area contributed by atoms with Crippen LogP contribution < -0.4 is 0 Å². The van der Waals surface area contributed by atoms with Crippen molar-refractivity contribution in [1.29, 1.82) is 0 Å². The van der Waals surface area contributed by atoms with Gasteiger partial charge in [0.1, 0.15) is 6.29 Å². The molecule has 1 N–H and O–H groups in total. The Kier molecular flexibility index (Phi) is 5.80. The molecule has 1 rings (SSSR count). The van der Waals surface area contributed by atoms with Crippen LogP contribution in [-0.4, -0.2) is 48.7 Å². The lowest BCUT2D eigenvalue weighted by molar-refractivity contribution is -0.152. The van der Waals surface area contributed by atoms with Gasteiger partial charge in [0.25, 0.3) is 0 Å². The van der Waals surface area contributed by atoms with Crippen molar-refractivity contribution in [3.63, 3.8) is 0 Å². The van der Waals surface area contributed by atoms with Crippen LogP contribution in [0, 0.1) is 11.3 Å². The fourth-order valence-electron chi connectivity index (χ4n) is 3.04. The fraction of sp³-hybridized carbons (Fsp3) is 0.923. The Hall–Kier alpha value is -0.620. The monoisotopic (exact) mass is 281 g/mol. The summed E-state index contributed by atoms with van der Waals surface area (Å²) in [5.41, 5.74) is -0.682. The molecule has 2 unspecified atom stereocenters. The van der Waals surface area contributed by atoms with Crippen molar-refractivity contribution in [1.82, 2.24) is 4.90 Å². The molecular weight excluding hydrogens is 259 g/mol. The van der Waals surface area contributed by atoms with Crippen molar-refractivity contribution in [2.75, 3.05) is 26.2 Å². The van der Waals surface area contributed by atoms with E-state index in [1.807, 2.05) is 6.92 Å². The minimum absolute atomic E-state index is 0.0521. The molecule has 0 aliphatic heterocycles. The largest absolute Gasteiger partial charge is 0.401 e. The van der Waals surface area contributed by atoms with Gasteiger partial charge in [0.05, 0.1) is 13.2 Å². The first-order valence-electron chi connectivity index (χ1n) is 6.66. The highest BCUT2D eigenvalue weighted by molar-refractivity contribution is 5.60. The first-order valence-corrected chi connectivity index (χ1v) is 6.66. The quantitative estimate of drug-likeness (QED) is 0.759. The van der Waals surface area contributed by atoms with Gasteiger partial charge >= 0.3 is 6.18 Å². The van der Waals surface area contributed by atoms with Gasteiger partial charge in [-0.25, -0.2) is 0 Å². The van der Waals surface area contributed by atoms with Crippen LogP contribution in [0.5, 0.6) is 0 Å². The molecule has 112 valence electrons. The average molecular weight is 281 g/mol. The summed E-state index contributed by atoms with van der Waals surface area (Å²) in [6.45, 7) is 0.653. The molecule has 0 saturated heterocycles. The zero-order chi connectivity index (χ0) is 14.5. The molecule has 2 atom stereocenters. The molecule has 0 radical (unpaired) electrons. The number of aldehydes is 1. The van der Waals surface area contributed by atoms with E-state index in [1.54, 1.807) is 0 Å². The second kappa shape index (κ2) is 6.70. The summed E-state index contributed by atoms with van der Waals surface area (Å²) in [5, 5.41) is 8.87. The molecule has 1 saturated carbocycles. The molecule has 0 spiro atoms. The normalized spacial score (nSPS) is 28.6. The molecule has 6 heteroatoms. The second-order valence-electron chi connectivity index (χ2n) is 5.73. The van der Waals surface area contributed by atoms with E-state index in [0.717, 1.165) is 24.0 Å². The first-order chi connectivity index (χ1) is 8.80. The molecular formula is C13H22F3NO2. The van der Waals surface area contributed by atoms with E-state index in [1.165, 1.54) is 0 Å². The van der Waals surface area contributed by atoms with Gasteiger partial charge in [0.15, 0.2) is 0 Å². The van der Waals surface area contributed by atoms with Gasteiger partial charge in [-0.05, 0) is 18.8 Å². The molecule has 0 amide bonds. The molecule has 3 nitrogen and oxygen atoms in total. The van der Waals surface area contributed by atoms with Crippen molar-refractivity contribution in [2.24, 2.45) is 11.3 Å². The Labute approximate surface area is 111 Å². The minimum atomic E-state index is -4.31. The van der Waals surface area contributed by atoms with Crippen molar-refractivity contribution in [3.05, 3.63) is 0 Å². The maximum atomic E-state index is 12.5. The highest BCUT2D eigenvalue weighted by Gasteiger charge is 2.39. The van der Waals surface area contributed by atoms with Crippen molar-refractivity contribution < 1.29 is 23.1 Å². The van der Waals surface area contributed by atoms with E-state index < -0.39 is 18.1 Å². The van der Waals surface area contributed by atoms with Crippen LogP contribution >= 0.6 is 0 Å². The van der Waals surface area contributed by atoms with Gasteiger partial charge in [-0.3, -0.25) is 4.90 Å². The maximum Gasteiger partial charge on any atom is 0.401 e. The molecule has 0 aromatic heterocycles. The number of rotatable bonds is 6. The maximum absolute atomic E-state index is 12.5. The Morgan fingerprint density at radius 2 is 2.16 bits per heavy atom. The molecule has 19 heavy (non-hydrogen) atoms. The van der Waals surface area contributed by atoms with Gasteiger partial charge in [-0.2, -0.15) is 13.2 Å². The summed E-state index contributed by atoms with van der Waals surface area (Å²) in [5.74, 6) is 0.362. The van der Waals surface area contributed by atoms with Crippen molar-refractivity contribution in [3.8, 4) is 0 Å². The number of carbonyl (C=O) groups excluding carboxylic acids is 1. The number of aliphatic hydroxyl groups excluding tert-OH is 1. The number of halogens is 3. The van der Waals surface area contributed by atoms with E-state index >= 15 is 0 Å². The summed E-state index contributed by atoms with van der Waals surface area (Å²) in [6.07, 6.45) is -0.312. The van der Waals surface area contributed by atoms with Gasteiger partial charge in [0, 0.05) is 18.5 Å². The SMILES string of the molecule is CC1CCCC(C=O)(CN(CCO)CC(F)(F)F)C1. The second-order valence-corrected chi connectivity index (χ2v) is 5.73. The van der Waals surface area contributed by atoms with Crippen LogP contribution in [0.25, 0.3) is 0 Å². The highest BCUT2D eigenvalue weighted by Crippen LogP contribution is 2.38. The Balaban J connectivity index is 2.71. The number of hydrogen-bond acceptors (Lipinski definition) is 3. The number of alkyl halides is 3. The lowest BCUT2D eigenvalue weighted by Gasteiger charge is -2.39.